The van der Waals surface area contributed by atoms with Crippen LogP contribution in [0.25, 0.3) is 0 Å². The first kappa shape index (κ1) is 8.92. The molecule has 1 atom stereocenters. The summed E-state index contributed by atoms with van der Waals surface area (Å²) in [7, 11) is 1.78. The number of hydrogen-bond donors (Lipinski definition) is 1. The molecule has 0 spiro atoms. The van der Waals surface area contributed by atoms with Crippen molar-refractivity contribution < 1.29 is 4.84 Å². The maximum atomic E-state index is 5.16. The van der Waals surface area contributed by atoms with Gasteiger partial charge in [-0.1, -0.05) is 20.8 Å². The van der Waals surface area contributed by atoms with E-state index in [1.807, 2.05) is 0 Å². The van der Waals surface area contributed by atoms with Crippen molar-refractivity contribution in [2.75, 3.05) is 7.05 Å². The monoisotopic (exact) mass is 131 g/mol. The lowest BCUT2D eigenvalue weighted by atomic mass is 9.90. The van der Waals surface area contributed by atoms with Crippen molar-refractivity contribution in [3.05, 3.63) is 0 Å². The van der Waals surface area contributed by atoms with Gasteiger partial charge in [-0.05, 0) is 12.3 Å². The molecule has 0 aliphatic heterocycles. The Bertz CT molecular complexity index is 75.5. The normalized spacial score (nSPS) is 15.7. The third-order valence-electron chi connectivity index (χ3n) is 1.51. The van der Waals surface area contributed by atoms with Crippen molar-refractivity contribution in [1.29, 1.82) is 0 Å². The minimum Gasteiger partial charge on any atom is -0.299 e. The lowest BCUT2D eigenvalue weighted by Crippen LogP contribution is -2.30. The van der Waals surface area contributed by atoms with E-state index in [4.69, 9.17) is 4.84 Å². The fraction of sp³-hybridized carbons (Fsp3) is 1.00. The van der Waals surface area contributed by atoms with E-state index in [0.717, 1.165) is 0 Å². The topological polar surface area (TPSA) is 21.3 Å². The zero-order valence-corrected chi connectivity index (χ0v) is 6.99. The van der Waals surface area contributed by atoms with E-state index >= 15 is 0 Å². The van der Waals surface area contributed by atoms with Crippen LogP contribution in [0.2, 0.25) is 0 Å². The summed E-state index contributed by atoms with van der Waals surface area (Å²) in [4.78, 5) is 5.16. The molecule has 0 saturated heterocycles. The Hall–Kier alpha value is -0.0800. The molecule has 0 fully saturated rings. The molecule has 0 heterocycles. The van der Waals surface area contributed by atoms with Gasteiger partial charge in [-0.2, -0.15) is 0 Å². The predicted octanol–water partition coefficient (Wildman–Crippen LogP) is 1.57. The van der Waals surface area contributed by atoms with Crippen LogP contribution < -0.4 is 5.48 Å². The van der Waals surface area contributed by atoms with E-state index in [1.54, 1.807) is 7.05 Å². The van der Waals surface area contributed by atoms with Gasteiger partial charge < -0.3 is 0 Å². The minimum absolute atomic E-state index is 0.225. The highest BCUT2D eigenvalue weighted by Gasteiger charge is 2.19. The molecule has 0 aliphatic rings. The van der Waals surface area contributed by atoms with E-state index in [1.165, 1.54) is 0 Å². The molecule has 0 aromatic carbocycles. The molecule has 1 unspecified atom stereocenters. The van der Waals surface area contributed by atoms with Crippen LogP contribution in [0, 0.1) is 5.41 Å². The van der Waals surface area contributed by atoms with E-state index in [0.29, 0.717) is 0 Å². The van der Waals surface area contributed by atoms with E-state index in [-0.39, 0.29) is 11.5 Å². The number of hydroxylamine groups is 1. The van der Waals surface area contributed by atoms with Gasteiger partial charge in [0.1, 0.15) is 0 Å². The molecule has 0 amide bonds. The van der Waals surface area contributed by atoms with Gasteiger partial charge in [0.25, 0.3) is 0 Å². The van der Waals surface area contributed by atoms with Gasteiger partial charge in [0, 0.05) is 7.05 Å². The van der Waals surface area contributed by atoms with Crippen LogP contribution in [-0.4, -0.2) is 13.2 Å². The van der Waals surface area contributed by atoms with Gasteiger partial charge in [0.05, 0.1) is 6.10 Å². The molecular formula is C7H17NO. The Morgan fingerprint density at radius 1 is 1.33 bits per heavy atom. The SMILES string of the molecule is CNOC(C)C(C)(C)C. The molecule has 0 saturated carbocycles. The van der Waals surface area contributed by atoms with Gasteiger partial charge >= 0.3 is 0 Å². The second-order valence-electron chi connectivity index (χ2n) is 3.33. The Labute approximate surface area is 57.5 Å². The van der Waals surface area contributed by atoms with Gasteiger partial charge in [-0.25, -0.2) is 5.48 Å². The summed E-state index contributed by atoms with van der Waals surface area (Å²) in [6.45, 7) is 8.50. The molecule has 0 rings (SSSR count). The maximum absolute atomic E-state index is 5.16. The molecule has 0 aromatic heterocycles. The quantitative estimate of drug-likeness (QED) is 0.574. The highest BCUT2D eigenvalue weighted by Crippen LogP contribution is 2.20. The van der Waals surface area contributed by atoms with E-state index < -0.39 is 0 Å². The highest BCUT2D eigenvalue weighted by molar-refractivity contribution is 4.68. The van der Waals surface area contributed by atoms with Crippen LogP contribution in [-0.2, 0) is 4.84 Å². The average Bonchev–Trinajstić information content (AvgIpc) is 1.64. The zero-order chi connectivity index (χ0) is 7.49. The Morgan fingerprint density at radius 3 is 1.89 bits per heavy atom. The Kier molecular flexibility index (Phi) is 3.15. The fourth-order valence-electron chi connectivity index (χ4n) is 0.354. The molecule has 2 nitrogen and oxygen atoms in total. The molecule has 1 N–H and O–H groups in total. The van der Waals surface area contributed by atoms with Crippen molar-refractivity contribution in [3.8, 4) is 0 Å². The summed E-state index contributed by atoms with van der Waals surface area (Å²) in [6.07, 6.45) is 0.252. The van der Waals surface area contributed by atoms with Crippen molar-refractivity contribution in [2.24, 2.45) is 5.41 Å². The van der Waals surface area contributed by atoms with Crippen molar-refractivity contribution in [3.63, 3.8) is 0 Å². The third kappa shape index (κ3) is 3.49. The standard InChI is InChI=1S/C7H17NO/c1-6(9-8-5)7(2,3)4/h6,8H,1-5H3. The molecule has 0 aromatic rings. The lowest BCUT2D eigenvalue weighted by molar-refractivity contribution is -0.0570. The summed E-state index contributed by atoms with van der Waals surface area (Å²) >= 11 is 0. The predicted molar refractivity (Wildman–Crippen MR) is 39.1 cm³/mol. The summed E-state index contributed by atoms with van der Waals surface area (Å²) in [5.41, 5.74) is 2.90. The fourth-order valence-corrected chi connectivity index (χ4v) is 0.354. The molecular weight excluding hydrogens is 114 g/mol. The number of nitrogens with one attached hydrogen (secondary N) is 1. The summed E-state index contributed by atoms with van der Waals surface area (Å²) in [5.74, 6) is 0. The summed E-state index contributed by atoms with van der Waals surface area (Å²) in [5, 5.41) is 0. The average molecular weight is 131 g/mol. The first-order chi connectivity index (χ1) is 3.98. The third-order valence-corrected chi connectivity index (χ3v) is 1.51. The maximum Gasteiger partial charge on any atom is 0.0810 e. The number of rotatable bonds is 2. The molecule has 9 heavy (non-hydrogen) atoms. The van der Waals surface area contributed by atoms with Crippen LogP contribution in [0.5, 0.6) is 0 Å². The van der Waals surface area contributed by atoms with Crippen LogP contribution in [0.15, 0.2) is 0 Å². The summed E-state index contributed by atoms with van der Waals surface area (Å²) < 4.78 is 0. The molecule has 0 aliphatic carbocycles. The second kappa shape index (κ2) is 3.18. The van der Waals surface area contributed by atoms with Crippen LogP contribution in [0.3, 0.4) is 0 Å². The molecule has 2 heteroatoms. The number of hydrogen-bond acceptors (Lipinski definition) is 2. The molecule has 0 radical (unpaired) electrons. The Balaban J connectivity index is 3.59. The second-order valence-corrected chi connectivity index (χ2v) is 3.33. The van der Waals surface area contributed by atoms with Gasteiger partial charge in [-0.3, -0.25) is 4.84 Å². The van der Waals surface area contributed by atoms with Gasteiger partial charge in [-0.15, -0.1) is 0 Å². The zero-order valence-electron chi connectivity index (χ0n) is 6.99. The van der Waals surface area contributed by atoms with Gasteiger partial charge in [0.2, 0.25) is 0 Å². The van der Waals surface area contributed by atoms with E-state index in [2.05, 4.69) is 33.2 Å². The first-order valence-electron chi connectivity index (χ1n) is 3.31. The van der Waals surface area contributed by atoms with Crippen molar-refractivity contribution >= 4 is 0 Å². The van der Waals surface area contributed by atoms with Crippen molar-refractivity contribution in [1.82, 2.24) is 5.48 Å². The first-order valence-corrected chi connectivity index (χ1v) is 3.31. The minimum atomic E-state index is 0.225. The van der Waals surface area contributed by atoms with Gasteiger partial charge in [0.15, 0.2) is 0 Å². The largest absolute Gasteiger partial charge is 0.299 e. The smallest absolute Gasteiger partial charge is 0.0810 e. The highest BCUT2D eigenvalue weighted by atomic mass is 16.7. The Morgan fingerprint density at radius 2 is 1.78 bits per heavy atom. The van der Waals surface area contributed by atoms with E-state index in [9.17, 15) is 0 Å². The van der Waals surface area contributed by atoms with Crippen LogP contribution in [0.1, 0.15) is 27.7 Å². The molecule has 0 bridgehead atoms. The van der Waals surface area contributed by atoms with Crippen molar-refractivity contribution in [2.45, 2.75) is 33.8 Å². The van der Waals surface area contributed by atoms with Crippen LogP contribution >= 0.6 is 0 Å². The lowest BCUT2D eigenvalue weighted by Gasteiger charge is -2.25. The van der Waals surface area contributed by atoms with Crippen LogP contribution in [0.4, 0.5) is 0 Å². The molecule has 56 valence electrons. The summed E-state index contributed by atoms with van der Waals surface area (Å²) in [6, 6.07) is 0.